The predicted molar refractivity (Wildman–Crippen MR) is 107 cm³/mol. The zero-order valence-electron chi connectivity index (χ0n) is 13.6. The maximum absolute atomic E-state index is 12.2. The summed E-state index contributed by atoms with van der Waals surface area (Å²) in [4.78, 5) is 16.9. The number of allylic oxidation sites excluding steroid dienone is 3. The van der Waals surface area contributed by atoms with Gasteiger partial charge in [-0.05, 0) is 63.1 Å². The highest BCUT2D eigenvalue weighted by Gasteiger charge is 2.23. The second-order valence-corrected chi connectivity index (χ2v) is 7.61. The molecule has 1 aromatic carbocycles. The first kappa shape index (κ1) is 17.5. The fourth-order valence-electron chi connectivity index (χ4n) is 2.67. The van der Waals surface area contributed by atoms with Crippen LogP contribution in [0.25, 0.3) is 0 Å². The van der Waals surface area contributed by atoms with Gasteiger partial charge in [-0.1, -0.05) is 30.4 Å². The molecule has 1 aromatic rings. The smallest absolute Gasteiger partial charge is 0.286 e. The molecule has 5 nitrogen and oxygen atoms in total. The number of carbonyl (C=O) groups excluding carboxylic acids is 1. The quantitative estimate of drug-likeness (QED) is 0.713. The van der Waals surface area contributed by atoms with E-state index in [9.17, 15) is 4.79 Å². The van der Waals surface area contributed by atoms with Gasteiger partial charge in [-0.2, -0.15) is 4.99 Å². The Labute approximate surface area is 163 Å². The molecule has 0 spiro atoms. The Morgan fingerprint density at radius 2 is 2.23 bits per heavy atom. The van der Waals surface area contributed by atoms with Crippen LogP contribution in [0.2, 0.25) is 0 Å². The number of ether oxygens (including phenoxy) is 2. The van der Waals surface area contributed by atoms with E-state index in [0.29, 0.717) is 16.7 Å². The maximum Gasteiger partial charge on any atom is 0.286 e. The van der Waals surface area contributed by atoms with Gasteiger partial charge in [0, 0.05) is 4.47 Å². The lowest BCUT2D eigenvalue weighted by molar-refractivity contribution is -0.113. The van der Waals surface area contributed by atoms with Crippen molar-refractivity contribution in [1.29, 1.82) is 0 Å². The number of carbonyl (C=O) groups is 1. The number of hydrogen-bond donors (Lipinski definition) is 1. The van der Waals surface area contributed by atoms with E-state index in [1.54, 1.807) is 0 Å². The van der Waals surface area contributed by atoms with Crippen LogP contribution in [0.4, 0.5) is 5.69 Å². The Bertz CT molecular complexity index is 902. The van der Waals surface area contributed by atoms with Crippen molar-refractivity contribution >= 4 is 44.5 Å². The topological polar surface area (TPSA) is 59.9 Å². The van der Waals surface area contributed by atoms with Crippen molar-refractivity contribution in [3.8, 4) is 0 Å². The SMILES string of the molecule is O=C1N=C(Nc2ccccc2Br)SC1=CC1=CC2=CCOCOC2C=C1. The lowest BCUT2D eigenvalue weighted by Crippen LogP contribution is -2.14. The third kappa shape index (κ3) is 3.91. The summed E-state index contributed by atoms with van der Waals surface area (Å²) in [7, 11) is 0. The summed E-state index contributed by atoms with van der Waals surface area (Å²) in [5.74, 6) is -0.240. The minimum absolute atomic E-state index is 0.0875. The lowest BCUT2D eigenvalue weighted by Gasteiger charge is -2.16. The molecular formula is C19H15BrN2O3S. The number of nitrogens with zero attached hydrogens (tertiary/aromatic N) is 1. The Hall–Kier alpha value is -1.93. The van der Waals surface area contributed by atoms with Gasteiger partial charge in [0.05, 0.1) is 17.2 Å². The van der Waals surface area contributed by atoms with Crippen LogP contribution in [-0.4, -0.2) is 30.6 Å². The third-order valence-corrected chi connectivity index (χ3v) is 5.52. The largest absolute Gasteiger partial charge is 0.351 e. The first-order valence-electron chi connectivity index (χ1n) is 8.02. The van der Waals surface area contributed by atoms with Gasteiger partial charge in [-0.25, -0.2) is 0 Å². The minimum Gasteiger partial charge on any atom is -0.351 e. The summed E-state index contributed by atoms with van der Waals surface area (Å²) in [5, 5.41) is 3.75. The van der Waals surface area contributed by atoms with Gasteiger partial charge in [0.25, 0.3) is 5.91 Å². The van der Waals surface area contributed by atoms with Crippen LogP contribution < -0.4 is 5.32 Å². The molecule has 4 rings (SSSR count). The van der Waals surface area contributed by atoms with E-state index < -0.39 is 0 Å². The Morgan fingerprint density at radius 3 is 3.12 bits per heavy atom. The number of benzene rings is 1. The molecule has 2 aliphatic heterocycles. The average Bonchev–Trinajstić information content (AvgIpc) is 2.83. The molecule has 7 heteroatoms. The number of anilines is 1. The van der Waals surface area contributed by atoms with Gasteiger partial charge < -0.3 is 14.8 Å². The molecule has 0 saturated heterocycles. The van der Waals surface area contributed by atoms with E-state index in [1.807, 2.05) is 54.6 Å². The first-order chi connectivity index (χ1) is 12.7. The Kier molecular flexibility index (Phi) is 5.21. The molecule has 1 N–H and O–H groups in total. The van der Waals surface area contributed by atoms with Crippen LogP contribution in [0.15, 0.2) is 80.2 Å². The van der Waals surface area contributed by atoms with Crippen molar-refractivity contribution in [3.05, 3.63) is 75.2 Å². The van der Waals surface area contributed by atoms with Crippen LogP contribution in [0, 0.1) is 0 Å². The summed E-state index contributed by atoms with van der Waals surface area (Å²) in [6, 6.07) is 7.71. The molecule has 132 valence electrons. The van der Waals surface area contributed by atoms with Crippen molar-refractivity contribution in [2.75, 3.05) is 18.7 Å². The number of amides is 1. The zero-order chi connectivity index (χ0) is 17.9. The highest BCUT2D eigenvalue weighted by Crippen LogP contribution is 2.32. The highest BCUT2D eigenvalue weighted by atomic mass is 79.9. The monoisotopic (exact) mass is 430 g/mol. The zero-order valence-corrected chi connectivity index (χ0v) is 16.0. The van der Waals surface area contributed by atoms with Crippen LogP contribution in [-0.2, 0) is 14.3 Å². The lowest BCUT2D eigenvalue weighted by atomic mass is 9.98. The number of thioether (sulfide) groups is 1. The molecule has 0 saturated carbocycles. The number of para-hydroxylation sites is 1. The summed E-state index contributed by atoms with van der Waals surface area (Å²) in [6.07, 6.45) is 9.70. The summed E-state index contributed by atoms with van der Waals surface area (Å²) in [6.45, 7) is 0.808. The van der Waals surface area contributed by atoms with Crippen molar-refractivity contribution in [2.45, 2.75) is 6.10 Å². The normalized spacial score (nSPS) is 23.9. The summed E-state index contributed by atoms with van der Waals surface area (Å²) < 4.78 is 11.8. The predicted octanol–water partition coefficient (Wildman–Crippen LogP) is 4.17. The summed E-state index contributed by atoms with van der Waals surface area (Å²) in [5.41, 5.74) is 2.85. The fraction of sp³-hybridized carbons (Fsp3) is 0.158. The molecule has 1 amide bonds. The van der Waals surface area contributed by atoms with E-state index in [-0.39, 0.29) is 18.8 Å². The number of aliphatic imine (C=N–C) groups is 1. The number of halogens is 1. The van der Waals surface area contributed by atoms with Gasteiger partial charge >= 0.3 is 0 Å². The molecule has 1 unspecified atom stereocenters. The molecule has 0 aromatic heterocycles. The van der Waals surface area contributed by atoms with E-state index >= 15 is 0 Å². The van der Waals surface area contributed by atoms with Crippen molar-refractivity contribution in [3.63, 3.8) is 0 Å². The molecular weight excluding hydrogens is 416 g/mol. The van der Waals surface area contributed by atoms with E-state index in [4.69, 9.17) is 9.47 Å². The van der Waals surface area contributed by atoms with Crippen molar-refractivity contribution in [2.24, 2.45) is 4.99 Å². The van der Waals surface area contributed by atoms with Gasteiger partial charge in [0.15, 0.2) is 5.17 Å². The Balaban J connectivity index is 1.49. The number of hydrogen-bond acceptors (Lipinski definition) is 5. The van der Waals surface area contributed by atoms with Crippen LogP contribution in [0.5, 0.6) is 0 Å². The molecule has 0 bridgehead atoms. The van der Waals surface area contributed by atoms with Crippen LogP contribution in [0.1, 0.15) is 0 Å². The third-order valence-electron chi connectivity index (χ3n) is 3.93. The molecule has 0 radical (unpaired) electrons. The minimum atomic E-state index is -0.240. The molecule has 1 aliphatic carbocycles. The van der Waals surface area contributed by atoms with Gasteiger partial charge in [-0.15, -0.1) is 0 Å². The molecule has 0 fully saturated rings. The van der Waals surface area contributed by atoms with E-state index in [2.05, 4.69) is 26.2 Å². The molecule has 26 heavy (non-hydrogen) atoms. The second kappa shape index (κ2) is 7.75. The number of rotatable bonds is 2. The fourth-order valence-corrected chi connectivity index (χ4v) is 3.88. The first-order valence-corrected chi connectivity index (χ1v) is 9.63. The van der Waals surface area contributed by atoms with Crippen molar-refractivity contribution in [1.82, 2.24) is 0 Å². The molecule has 1 atom stereocenters. The van der Waals surface area contributed by atoms with Crippen molar-refractivity contribution < 1.29 is 14.3 Å². The number of fused-ring (bicyclic) bond motifs is 1. The van der Waals surface area contributed by atoms with Gasteiger partial charge in [0.1, 0.15) is 12.9 Å². The van der Waals surface area contributed by atoms with E-state index in [1.165, 1.54) is 11.8 Å². The van der Waals surface area contributed by atoms with Gasteiger partial charge in [-0.3, -0.25) is 4.79 Å². The van der Waals surface area contributed by atoms with E-state index in [0.717, 1.165) is 21.3 Å². The Morgan fingerprint density at radius 1 is 1.35 bits per heavy atom. The highest BCUT2D eigenvalue weighted by molar-refractivity contribution is 9.10. The molecule has 2 heterocycles. The second-order valence-electron chi connectivity index (χ2n) is 5.72. The standard InChI is InChI=1S/C19H15BrN2O3S/c20-14-3-1-2-4-15(14)21-19-22-18(23)17(26-19)10-12-5-6-16-13(9-12)7-8-24-11-25-16/h1-7,9-10,16H,8,11H2,(H,21,22,23). The maximum atomic E-state index is 12.2. The van der Waals surface area contributed by atoms with Crippen LogP contribution >= 0.6 is 27.7 Å². The number of nitrogens with one attached hydrogen (secondary N) is 1. The average molecular weight is 431 g/mol. The van der Waals surface area contributed by atoms with Crippen LogP contribution in [0.3, 0.4) is 0 Å². The number of amidine groups is 1. The molecule has 3 aliphatic rings. The van der Waals surface area contributed by atoms with Gasteiger partial charge in [0.2, 0.25) is 0 Å². The summed E-state index contributed by atoms with van der Waals surface area (Å²) >= 11 is 4.81.